The van der Waals surface area contributed by atoms with Gasteiger partial charge >= 0.3 is 17.8 Å². The van der Waals surface area contributed by atoms with E-state index in [-0.39, 0.29) is 23.5 Å². The molecule has 0 heterocycles. The number of hydrogen-bond donors (Lipinski definition) is 2. The van der Waals surface area contributed by atoms with E-state index in [0.717, 1.165) is 30.9 Å². The summed E-state index contributed by atoms with van der Waals surface area (Å²) in [6, 6.07) is 9.85. The average Bonchev–Trinajstić information content (AvgIpc) is 2.66. The summed E-state index contributed by atoms with van der Waals surface area (Å²) in [4.78, 5) is 45.9. The van der Waals surface area contributed by atoms with E-state index in [1.807, 2.05) is 0 Å². The van der Waals surface area contributed by atoms with Crippen molar-refractivity contribution >= 4 is 40.8 Å². The number of esters is 1. The smallest absolute Gasteiger partial charge is 0.340 e. The molecule has 27 heavy (non-hydrogen) atoms. The molecule has 0 aliphatic rings. The number of nitro benzene ring substituents is 1. The summed E-state index contributed by atoms with van der Waals surface area (Å²) in [6.45, 7) is 0.0908. The highest BCUT2D eigenvalue weighted by Gasteiger charge is 2.21. The Balaban J connectivity index is 2.09. The van der Waals surface area contributed by atoms with E-state index in [9.17, 15) is 24.5 Å². The lowest BCUT2D eigenvalue weighted by Gasteiger charge is -2.10. The Bertz CT molecular complexity index is 898. The van der Waals surface area contributed by atoms with Gasteiger partial charge in [-0.3, -0.25) is 19.7 Å². The van der Waals surface area contributed by atoms with Crippen LogP contribution in [-0.4, -0.2) is 29.8 Å². The molecule has 0 bridgehead atoms. The summed E-state index contributed by atoms with van der Waals surface area (Å²) in [6.07, 6.45) is 0. The molecule has 10 heteroatoms. The predicted molar refractivity (Wildman–Crippen MR) is 96.4 cm³/mol. The minimum atomic E-state index is -1.04. The molecule has 0 aliphatic heterocycles. The SMILES string of the molecule is COC(=O)c1cc([N+](=O)[O-])ccc1NC(=O)C(=O)NCc1ccc(Cl)cc1. The van der Waals surface area contributed by atoms with Crippen molar-refractivity contribution in [3.8, 4) is 0 Å². The fourth-order valence-electron chi connectivity index (χ4n) is 2.08. The van der Waals surface area contributed by atoms with Gasteiger partial charge in [0.1, 0.15) is 0 Å². The molecule has 0 saturated carbocycles. The number of amides is 2. The van der Waals surface area contributed by atoms with Crippen LogP contribution in [0.2, 0.25) is 5.02 Å². The Hall–Kier alpha value is -3.46. The fourth-order valence-corrected chi connectivity index (χ4v) is 2.20. The van der Waals surface area contributed by atoms with Gasteiger partial charge in [0.15, 0.2) is 0 Å². The first-order chi connectivity index (χ1) is 12.8. The number of carbonyl (C=O) groups excluding carboxylic acids is 3. The zero-order valence-corrected chi connectivity index (χ0v) is 14.8. The highest BCUT2D eigenvalue weighted by Crippen LogP contribution is 2.23. The molecule has 2 aromatic carbocycles. The van der Waals surface area contributed by atoms with Crippen LogP contribution in [-0.2, 0) is 20.9 Å². The van der Waals surface area contributed by atoms with Crippen molar-refractivity contribution in [2.75, 3.05) is 12.4 Å². The minimum Gasteiger partial charge on any atom is -0.465 e. The Labute approximate surface area is 158 Å². The highest BCUT2D eigenvalue weighted by atomic mass is 35.5. The largest absolute Gasteiger partial charge is 0.465 e. The summed E-state index contributed by atoms with van der Waals surface area (Å²) in [7, 11) is 1.09. The number of nitrogens with zero attached hydrogens (tertiary/aromatic N) is 1. The molecule has 2 N–H and O–H groups in total. The van der Waals surface area contributed by atoms with E-state index < -0.39 is 22.7 Å². The summed E-state index contributed by atoms with van der Waals surface area (Å²) in [5.41, 5.74) is 0.0383. The second kappa shape index (κ2) is 8.77. The monoisotopic (exact) mass is 391 g/mol. The van der Waals surface area contributed by atoms with Crippen molar-refractivity contribution < 1.29 is 24.0 Å². The summed E-state index contributed by atoms with van der Waals surface area (Å²) >= 11 is 5.77. The number of non-ortho nitro benzene ring substituents is 1. The highest BCUT2D eigenvalue weighted by molar-refractivity contribution is 6.40. The maximum absolute atomic E-state index is 12.0. The topological polar surface area (TPSA) is 128 Å². The first-order valence-corrected chi connectivity index (χ1v) is 7.90. The first-order valence-electron chi connectivity index (χ1n) is 7.52. The molecule has 0 unspecified atom stereocenters. The van der Waals surface area contributed by atoms with Crippen molar-refractivity contribution in [3.63, 3.8) is 0 Å². The molecular weight excluding hydrogens is 378 g/mol. The second-order valence-corrected chi connectivity index (χ2v) is 5.68. The van der Waals surface area contributed by atoms with Crippen LogP contribution in [0, 0.1) is 10.1 Å². The third kappa shape index (κ3) is 5.25. The van der Waals surface area contributed by atoms with Gasteiger partial charge in [0, 0.05) is 23.7 Å². The number of hydrogen-bond acceptors (Lipinski definition) is 6. The van der Waals surface area contributed by atoms with E-state index in [1.165, 1.54) is 0 Å². The number of halogens is 1. The normalized spacial score (nSPS) is 10.0. The van der Waals surface area contributed by atoms with Crippen LogP contribution >= 0.6 is 11.6 Å². The van der Waals surface area contributed by atoms with Gasteiger partial charge in [0.2, 0.25) is 0 Å². The van der Waals surface area contributed by atoms with E-state index in [2.05, 4.69) is 15.4 Å². The van der Waals surface area contributed by atoms with Gasteiger partial charge in [0.25, 0.3) is 5.69 Å². The molecule has 0 atom stereocenters. The third-order valence-corrected chi connectivity index (χ3v) is 3.69. The number of anilines is 1. The molecular formula is C17H14ClN3O6. The van der Waals surface area contributed by atoms with E-state index >= 15 is 0 Å². The Morgan fingerprint density at radius 1 is 1.11 bits per heavy atom. The Morgan fingerprint density at radius 3 is 2.37 bits per heavy atom. The number of carbonyl (C=O) groups is 3. The zero-order valence-electron chi connectivity index (χ0n) is 14.0. The maximum Gasteiger partial charge on any atom is 0.340 e. The molecule has 9 nitrogen and oxygen atoms in total. The predicted octanol–water partition coefficient (Wildman–Crippen LogP) is 2.29. The molecule has 0 aromatic heterocycles. The number of ether oxygens (including phenoxy) is 1. The van der Waals surface area contributed by atoms with Gasteiger partial charge in [-0.05, 0) is 23.8 Å². The van der Waals surface area contributed by atoms with Crippen molar-refractivity contribution in [1.29, 1.82) is 0 Å². The second-order valence-electron chi connectivity index (χ2n) is 5.24. The Morgan fingerprint density at radius 2 is 1.78 bits per heavy atom. The number of rotatable bonds is 5. The fraction of sp³-hybridized carbons (Fsp3) is 0.118. The molecule has 2 amide bonds. The van der Waals surface area contributed by atoms with Crippen molar-refractivity contribution in [2.24, 2.45) is 0 Å². The number of methoxy groups -OCH3 is 1. The molecule has 2 aromatic rings. The Kier molecular flexibility index (Phi) is 6.45. The molecule has 0 fully saturated rings. The van der Waals surface area contributed by atoms with Gasteiger partial charge < -0.3 is 15.4 Å². The van der Waals surface area contributed by atoms with Gasteiger partial charge in [-0.25, -0.2) is 4.79 Å². The average molecular weight is 392 g/mol. The quantitative estimate of drug-likeness (QED) is 0.348. The minimum absolute atomic E-state index is 0.0842. The summed E-state index contributed by atoms with van der Waals surface area (Å²) in [5.74, 6) is -2.88. The standard InChI is InChI=1S/C17H14ClN3O6/c1-27-17(24)13-8-12(21(25)26)6-7-14(13)20-16(23)15(22)19-9-10-2-4-11(18)5-3-10/h2-8H,9H2,1H3,(H,19,22)(H,20,23). The van der Waals surface area contributed by atoms with Crippen LogP contribution in [0.5, 0.6) is 0 Å². The van der Waals surface area contributed by atoms with Crippen molar-refractivity contribution in [2.45, 2.75) is 6.54 Å². The number of nitro groups is 1. The van der Waals surface area contributed by atoms with Crippen molar-refractivity contribution in [3.05, 3.63) is 68.7 Å². The van der Waals surface area contributed by atoms with E-state index in [0.29, 0.717) is 5.02 Å². The molecule has 0 aliphatic carbocycles. The van der Waals surface area contributed by atoms with Crippen LogP contribution in [0.25, 0.3) is 0 Å². The zero-order chi connectivity index (χ0) is 20.0. The molecule has 2 rings (SSSR count). The molecule has 140 valence electrons. The van der Waals surface area contributed by atoms with Crippen LogP contribution in [0.3, 0.4) is 0 Å². The summed E-state index contributed by atoms with van der Waals surface area (Å²) in [5, 5.41) is 16.0. The number of nitrogens with one attached hydrogen (secondary N) is 2. The molecule has 0 spiro atoms. The lowest BCUT2D eigenvalue weighted by Crippen LogP contribution is -2.35. The van der Waals surface area contributed by atoms with Gasteiger partial charge in [-0.15, -0.1) is 0 Å². The lowest BCUT2D eigenvalue weighted by atomic mass is 10.1. The molecule has 0 radical (unpaired) electrons. The van der Waals surface area contributed by atoms with Gasteiger partial charge in [-0.2, -0.15) is 0 Å². The van der Waals surface area contributed by atoms with Crippen LogP contribution in [0.4, 0.5) is 11.4 Å². The molecule has 0 saturated heterocycles. The van der Waals surface area contributed by atoms with Crippen LogP contribution in [0.15, 0.2) is 42.5 Å². The third-order valence-electron chi connectivity index (χ3n) is 3.44. The van der Waals surface area contributed by atoms with Gasteiger partial charge in [-0.1, -0.05) is 23.7 Å². The first kappa shape index (κ1) is 19.9. The summed E-state index contributed by atoms with van der Waals surface area (Å²) < 4.78 is 4.54. The van der Waals surface area contributed by atoms with Gasteiger partial charge in [0.05, 0.1) is 23.3 Å². The van der Waals surface area contributed by atoms with Crippen molar-refractivity contribution in [1.82, 2.24) is 5.32 Å². The maximum atomic E-state index is 12.0. The van der Waals surface area contributed by atoms with Crippen LogP contribution < -0.4 is 10.6 Å². The lowest BCUT2D eigenvalue weighted by molar-refractivity contribution is -0.384. The van der Waals surface area contributed by atoms with Crippen LogP contribution in [0.1, 0.15) is 15.9 Å². The van der Waals surface area contributed by atoms with E-state index in [1.54, 1.807) is 24.3 Å². The number of benzene rings is 2. The van der Waals surface area contributed by atoms with E-state index in [4.69, 9.17) is 11.6 Å².